The van der Waals surface area contributed by atoms with Crippen molar-refractivity contribution in [1.29, 1.82) is 5.26 Å². The van der Waals surface area contributed by atoms with Crippen molar-refractivity contribution < 1.29 is 9.88 Å². The van der Waals surface area contributed by atoms with Crippen molar-refractivity contribution >= 4 is 0 Å². The van der Waals surface area contributed by atoms with E-state index in [9.17, 15) is 0 Å². The number of nitriles is 1. The molecule has 0 atom stereocenters. The Balaban J connectivity index is 2.60. The van der Waals surface area contributed by atoms with Gasteiger partial charge in [-0.05, 0) is 0 Å². The molecule has 0 aromatic heterocycles. The molecule has 7 heavy (non-hydrogen) atoms. The summed E-state index contributed by atoms with van der Waals surface area (Å²) in [4.78, 5) is 7.82. The van der Waals surface area contributed by atoms with E-state index in [2.05, 4.69) is 15.8 Å². The molecule has 0 rings (SSSR count). The van der Waals surface area contributed by atoms with Crippen molar-refractivity contribution in [1.82, 2.24) is 0 Å². The molecule has 2 N–H and O–H groups in total. The van der Waals surface area contributed by atoms with E-state index in [0.29, 0.717) is 6.42 Å². The Labute approximate surface area is 41.3 Å². The zero-order chi connectivity index (χ0) is 5.54. The highest BCUT2D eigenvalue weighted by Gasteiger charge is 1.79. The van der Waals surface area contributed by atoms with Crippen molar-refractivity contribution in [3.63, 3.8) is 0 Å². The van der Waals surface area contributed by atoms with Gasteiger partial charge in [0.05, 0.1) is 19.1 Å². The van der Waals surface area contributed by atoms with Crippen LogP contribution in [0, 0.1) is 11.3 Å². The summed E-state index contributed by atoms with van der Waals surface area (Å²) < 4.78 is 0. The molecule has 0 spiro atoms. The normalized spacial score (nSPS) is 8.00. The number of hydrogen-bond acceptors (Lipinski definition) is 4. The lowest BCUT2D eigenvalue weighted by Crippen LogP contribution is -2.00. The second-order valence-electron chi connectivity index (χ2n) is 0.826. The Morgan fingerprint density at radius 1 is 1.71 bits per heavy atom. The van der Waals surface area contributed by atoms with E-state index in [1.807, 2.05) is 6.07 Å². The third-order valence-electron chi connectivity index (χ3n) is 0.365. The van der Waals surface area contributed by atoms with Crippen molar-refractivity contribution in [2.45, 2.75) is 6.42 Å². The summed E-state index contributed by atoms with van der Waals surface area (Å²) >= 11 is 0. The summed E-state index contributed by atoms with van der Waals surface area (Å²) in [5.74, 6) is 4.44. The van der Waals surface area contributed by atoms with Crippen molar-refractivity contribution in [2.24, 2.45) is 5.90 Å². The fourth-order valence-corrected chi connectivity index (χ4v) is 0.135. The van der Waals surface area contributed by atoms with Crippen LogP contribution in [0.5, 0.6) is 0 Å². The van der Waals surface area contributed by atoms with E-state index in [1.165, 1.54) is 0 Å². The van der Waals surface area contributed by atoms with Crippen LogP contribution in [0.1, 0.15) is 6.42 Å². The lowest BCUT2D eigenvalue weighted by Gasteiger charge is -1.88. The number of nitrogens with zero attached hydrogens (tertiary/aromatic N) is 1. The fourth-order valence-electron chi connectivity index (χ4n) is 0.135. The van der Waals surface area contributed by atoms with Crippen LogP contribution in [-0.4, -0.2) is 6.61 Å². The van der Waals surface area contributed by atoms with Gasteiger partial charge in [0.25, 0.3) is 0 Å². The SMILES string of the molecule is N#CCCOON. The minimum atomic E-state index is 0.229. The third kappa shape index (κ3) is 5.37. The maximum absolute atomic E-state index is 7.87. The van der Waals surface area contributed by atoms with Crippen LogP contribution >= 0.6 is 0 Å². The smallest absolute Gasteiger partial charge is 0.0972 e. The van der Waals surface area contributed by atoms with Crippen LogP contribution in [0.25, 0.3) is 0 Å². The largest absolute Gasteiger partial charge is 0.217 e. The van der Waals surface area contributed by atoms with Gasteiger partial charge >= 0.3 is 0 Å². The highest BCUT2D eigenvalue weighted by molar-refractivity contribution is 4.66. The van der Waals surface area contributed by atoms with Gasteiger partial charge in [-0.15, -0.1) is 4.99 Å². The van der Waals surface area contributed by atoms with Crippen LogP contribution in [0.15, 0.2) is 0 Å². The molecule has 0 aromatic carbocycles. The maximum atomic E-state index is 7.87. The summed E-state index contributed by atoms with van der Waals surface area (Å²) in [5, 5.41) is 7.87. The van der Waals surface area contributed by atoms with Crippen molar-refractivity contribution in [2.75, 3.05) is 6.61 Å². The zero-order valence-electron chi connectivity index (χ0n) is 3.76. The summed E-state index contributed by atoms with van der Waals surface area (Å²) in [6.07, 6.45) is 0.303. The number of hydrogen-bond donors (Lipinski definition) is 1. The van der Waals surface area contributed by atoms with Crippen LogP contribution < -0.4 is 5.90 Å². The average molecular weight is 102 g/mol. The Kier molecular flexibility index (Phi) is 4.89. The lowest BCUT2D eigenvalue weighted by atomic mass is 10.5. The second-order valence-corrected chi connectivity index (χ2v) is 0.826. The van der Waals surface area contributed by atoms with Crippen LogP contribution in [0.4, 0.5) is 0 Å². The molecule has 0 unspecified atom stereocenters. The minimum absolute atomic E-state index is 0.229. The van der Waals surface area contributed by atoms with E-state index in [1.54, 1.807) is 0 Å². The molecule has 0 saturated carbocycles. The predicted octanol–water partition coefficient (Wildman–Crippen LogP) is -0.278. The van der Waals surface area contributed by atoms with Gasteiger partial charge in [0.2, 0.25) is 0 Å². The van der Waals surface area contributed by atoms with Gasteiger partial charge in [0.1, 0.15) is 0 Å². The molecule has 0 amide bonds. The van der Waals surface area contributed by atoms with E-state index in [4.69, 9.17) is 5.26 Å². The Morgan fingerprint density at radius 2 is 2.43 bits per heavy atom. The molecule has 0 aliphatic rings. The van der Waals surface area contributed by atoms with E-state index < -0.39 is 0 Å². The second kappa shape index (κ2) is 5.37. The minimum Gasteiger partial charge on any atom is -0.217 e. The van der Waals surface area contributed by atoms with Gasteiger partial charge in [0.15, 0.2) is 0 Å². The molecule has 0 saturated heterocycles. The summed E-state index contributed by atoms with van der Waals surface area (Å²) in [6.45, 7) is 0.229. The number of nitrogens with two attached hydrogens (primary N) is 1. The maximum Gasteiger partial charge on any atom is 0.0972 e. The molecule has 40 valence electrons. The molecular weight excluding hydrogens is 96.0 g/mol. The molecule has 0 heterocycles. The highest BCUT2D eigenvalue weighted by Crippen LogP contribution is 1.74. The molecular formula is C3H6N2O2. The molecule has 0 aromatic rings. The average Bonchev–Trinajstić information content (AvgIpc) is 1.69. The molecule has 0 fully saturated rings. The topological polar surface area (TPSA) is 68.3 Å². The summed E-state index contributed by atoms with van der Waals surface area (Å²) in [6, 6.07) is 1.84. The van der Waals surface area contributed by atoms with Crippen molar-refractivity contribution in [3.8, 4) is 6.07 Å². The highest BCUT2D eigenvalue weighted by atomic mass is 17.3. The molecule has 0 radical (unpaired) electrons. The van der Waals surface area contributed by atoms with Crippen LogP contribution in [0.3, 0.4) is 0 Å². The van der Waals surface area contributed by atoms with Gasteiger partial charge in [-0.3, -0.25) is 0 Å². The lowest BCUT2D eigenvalue weighted by molar-refractivity contribution is -0.298. The Morgan fingerprint density at radius 3 is 2.86 bits per heavy atom. The van der Waals surface area contributed by atoms with Gasteiger partial charge in [-0.1, -0.05) is 0 Å². The third-order valence-corrected chi connectivity index (χ3v) is 0.365. The molecule has 4 nitrogen and oxygen atoms in total. The molecule has 0 aliphatic heterocycles. The van der Waals surface area contributed by atoms with Gasteiger partial charge in [-0.2, -0.15) is 11.2 Å². The van der Waals surface area contributed by atoms with Gasteiger partial charge in [-0.25, -0.2) is 4.89 Å². The summed E-state index contributed by atoms with van der Waals surface area (Å²) in [5.41, 5.74) is 0. The van der Waals surface area contributed by atoms with E-state index in [0.717, 1.165) is 0 Å². The first-order valence-corrected chi connectivity index (χ1v) is 1.77. The Bertz CT molecular complexity index is 67.8. The van der Waals surface area contributed by atoms with Gasteiger partial charge in [0, 0.05) is 0 Å². The van der Waals surface area contributed by atoms with Crippen LogP contribution in [-0.2, 0) is 9.88 Å². The van der Waals surface area contributed by atoms with E-state index >= 15 is 0 Å². The van der Waals surface area contributed by atoms with Crippen LogP contribution in [0.2, 0.25) is 0 Å². The van der Waals surface area contributed by atoms with Gasteiger partial charge < -0.3 is 0 Å². The molecule has 0 bridgehead atoms. The zero-order valence-corrected chi connectivity index (χ0v) is 3.76. The quantitative estimate of drug-likeness (QED) is 0.302. The van der Waals surface area contributed by atoms with Crippen molar-refractivity contribution in [3.05, 3.63) is 0 Å². The number of rotatable bonds is 3. The predicted molar refractivity (Wildman–Crippen MR) is 21.5 cm³/mol. The molecule has 4 heteroatoms. The monoisotopic (exact) mass is 102 g/mol. The molecule has 0 aliphatic carbocycles. The van der Waals surface area contributed by atoms with E-state index in [-0.39, 0.29) is 6.61 Å². The first-order chi connectivity index (χ1) is 3.41. The first-order valence-electron chi connectivity index (χ1n) is 1.77. The first kappa shape index (κ1) is 6.37. The standard InChI is InChI=1S/C3H6N2O2/c4-2-1-3-6-7-5/h1,3,5H2. The summed E-state index contributed by atoms with van der Waals surface area (Å²) in [7, 11) is 0. The Hall–Kier alpha value is -0.630. The fraction of sp³-hybridized carbons (Fsp3) is 0.667.